The molecule has 10 heteroatoms. The number of rotatable bonds is 8. The minimum absolute atomic E-state index is 0.0111. The smallest absolute Gasteiger partial charge is 0.338 e. The summed E-state index contributed by atoms with van der Waals surface area (Å²) in [6.07, 6.45) is -0.276. The molecule has 1 N–H and O–H groups in total. The predicted molar refractivity (Wildman–Crippen MR) is 101 cm³/mol. The number of carbonyl (C=O) groups is 3. The maximum Gasteiger partial charge on any atom is 0.338 e. The van der Waals surface area contributed by atoms with Crippen LogP contribution in [0.25, 0.3) is 0 Å². The quantitative estimate of drug-likeness (QED) is 0.503. The van der Waals surface area contributed by atoms with Crippen LogP contribution in [0.3, 0.4) is 0 Å². The molecular formula is C19H19NO8S. The van der Waals surface area contributed by atoms with Gasteiger partial charge in [-0.3, -0.25) is 4.79 Å². The number of hydrogen-bond donors (Lipinski definition) is 1. The van der Waals surface area contributed by atoms with Gasteiger partial charge >= 0.3 is 17.9 Å². The molecule has 0 aliphatic carbocycles. The minimum atomic E-state index is -3.75. The Bertz CT molecular complexity index is 968. The van der Waals surface area contributed by atoms with E-state index in [0.29, 0.717) is 0 Å². The summed E-state index contributed by atoms with van der Waals surface area (Å²) >= 11 is 0. The fourth-order valence-electron chi connectivity index (χ4n) is 2.28. The zero-order valence-electron chi connectivity index (χ0n) is 15.7. The molecule has 154 valence electrons. The fraction of sp³-hybridized carbons (Fsp3) is 0.211. The number of ether oxygens (including phenoxy) is 3. The molecule has 0 aromatic heterocycles. The van der Waals surface area contributed by atoms with Crippen LogP contribution in [0.2, 0.25) is 0 Å². The van der Waals surface area contributed by atoms with Gasteiger partial charge in [0, 0.05) is 6.54 Å². The van der Waals surface area contributed by atoms with Crippen molar-refractivity contribution >= 4 is 27.9 Å². The third kappa shape index (κ3) is 6.13. The van der Waals surface area contributed by atoms with Gasteiger partial charge in [-0.1, -0.05) is 18.2 Å². The van der Waals surface area contributed by atoms with Gasteiger partial charge in [-0.15, -0.1) is 0 Å². The van der Waals surface area contributed by atoms with Crippen LogP contribution in [0.4, 0.5) is 0 Å². The average molecular weight is 421 g/mol. The summed E-state index contributed by atoms with van der Waals surface area (Å²) in [6, 6.07) is 11.4. The first-order valence-corrected chi connectivity index (χ1v) is 9.82. The second-order valence-corrected chi connectivity index (χ2v) is 7.43. The minimum Gasteiger partial charge on any atom is -0.465 e. The molecule has 0 saturated carbocycles. The van der Waals surface area contributed by atoms with E-state index in [1.807, 2.05) is 0 Å². The molecule has 0 spiro atoms. The van der Waals surface area contributed by atoms with Crippen molar-refractivity contribution in [1.82, 2.24) is 4.72 Å². The molecular weight excluding hydrogens is 402 g/mol. The highest BCUT2D eigenvalue weighted by atomic mass is 32.2. The van der Waals surface area contributed by atoms with Gasteiger partial charge in [0.1, 0.15) is 5.75 Å². The summed E-state index contributed by atoms with van der Waals surface area (Å²) in [5.41, 5.74) is -0.0223. The van der Waals surface area contributed by atoms with Crippen LogP contribution < -0.4 is 9.46 Å². The lowest BCUT2D eigenvalue weighted by Crippen LogP contribution is -2.27. The van der Waals surface area contributed by atoms with Crippen LogP contribution in [-0.4, -0.2) is 47.1 Å². The second-order valence-electron chi connectivity index (χ2n) is 5.66. The van der Waals surface area contributed by atoms with Gasteiger partial charge in [-0.2, -0.15) is 0 Å². The van der Waals surface area contributed by atoms with E-state index in [1.54, 1.807) is 18.2 Å². The van der Waals surface area contributed by atoms with Crippen LogP contribution >= 0.6 is 0 Å². The standard InChI is InChI=1S/C19H19NO8S/c1-26-18(22)13-10-14(19(23)27-2)12-15(11-13)28-17(21)8-9-20-29(24,25)16-6-4-3-5-7-16/h3-7,10-12,20H,8-9H2,1-2H3. The molecule has 0 atom stereocenters. The van der Waals surface area contributed by atoms with Crippen molar-refractivity contribution in [3.8, 4) is 5.75 Å². The molecule has 0 radical (unpaired) electrons. The van der Waals surface area contributed by atoms with E-state index < -0.39 is 27.9 Å². The van der Waals surface area contributed by atoms with Crippen LogP contribution in [0.1, 0.15) is 27.1 Å². The molecule has 0 amide bonds. The molecule has 29 heavy (non-hydrogen) atoms. The molecule has 2 aromatic rings. The number of carbonyl (C=O) groups excluding carboxylic acids is 3. The van der Waals surface area contributed by atoms with Gasteiger partial charge in [-0.05, 0) is 30.3 Å². The molecule has 9 nitrogen and oxygen atoms in total. The molecule has 0 aliphatic rings. The van der Waals surface area contributed by atoms with Crippen LogP contribution in [0.15, 0.2) is 53.4 Å². The van der Waals surface area contributed by atoms with E-state index in [2.05, 4.69) is 14.2 Å². The molecule has 0 aliphatic heterocycles. The first-order valence-electron chi connectivity index (χ1n) is 8.34. The van der Waals surface area contributed by atoms with Crippen molar-refractivity contribution in [3.05, 3.63) is 59.7 Å². The van der Waals surface area contributed by atoms with Crippen molar-refractivity contribution < 1.29 is 37.0 Å². The van der Waals surface area contributed by atoms with E-state index in [4.69, 9.17) is 4.74 Å². The van der Waals surface area contributed by atoms with E-state index >= 15 is 0 Å². The fourth-order valence-corrected chi connectivity index (χ4v) is 3.34. The topological polar surface area (TPSA) is 125 Å². The van der Waals surface area contributed by atoms with Crippen LogP contribution in [0.5, 0.6) is 5.75 Å². The Labute approximate surface area is 167 Å². The van der Waals surface area contributed by atoms with Crippen molar-refractivity contribution in [1.29, 1.82) is 0 Å². The normalized spacial score (nSPS) is 10.8. The summed E-state index contributed by atoms with van der Waals surface area (Å²) in [5, 5.41) is 0. The third-order valence-corrected chi connectivity index (χ3v) is 5.13. The van der Waals surface area contributed by atoms with E-state index in [0.717, 1.165) is 14.2 Å². The molecule has 0 saturated heterocycles. The summed E-state index contributed by atoms with van der Waals surface area (Å²) in [7, 11) is -1.42. The van der Waals surface area contributed by atoms with Crippen LogP contribution in [-0.2, 0) is 24.3 Å². The number of hydrogen-bond acceptors (Lipinski definition) is 8. The van der Waals surface area contributed by atoms with Gasteiger partial charge in [0.05, 0.1) is 36.7 Å². The monoisotopic (exact) mass is 421 g/mol. The highest BCUT2D eigenvalue weighted by molar-refractivity contribution is 7.89. The number of esters is 3. The Morgan fingerprint density at radius 3 is 1.97 bits per heavy atom. The Morgan fingerprint density at radius 2 is 1.45 bits per heavy atom. The summed E-state index contributed by atoms with van der Waals surface area (Å²) in [4.78, 5) is 35.6. The first kappa shape index (κ1) is 22.1. The van der Waals surface area contributed by atoms with E-state index in [-0.39, 0.29) is 34.7 Å². The number of nitrogens with one attached hydrogen (secondary N) is 1. The zero-order valence-corrected chi connectivity index (χ0v) is 16.5. The van der Waals surface area contributed by atoms with Crippen molar-refractivity contribution in [2.75, 3.05) is 20.8 Å². The summed E-state index contributed by atoms with van der Waals surface area (Å²) in [6.45, 7) is -0.198. The lowest BCUT2D eigenvalue weighted by molar-refractivity contribution is -0.134. The lowest BCUT2D eigenvalue weighted by Gasteiger charge is -2.09. The highest BCUT2D eigenvalue weighted by Gasteiger charge is 2.17. The van der Waals surface area contributed by atoms with Crippen molar-refractivity contribution in [2.24, 2.45) is 0 Å². The molecule has 2 rings (SSSR count). The molecule has 0 bridgehead atoms. The van der Waals surface area contributed by atoms with Gasteiger partial charge in [0.25, 0.3) is 0 Å². The number of methoxy groups -OCH3 is 2. The van der Waals surface area contributed by atoms with Gasteiger partial charge in [0.15, 0.2) is 0 Å². The maximum absolute atomic E-state index is 12.1. The Balaban J connectivity index is 2.04. The number of sulfonamides is 1. The lowest BCUT2D eigenvalue weighted by atomic mass is 10.1. The first-order chi connectivity index (χ1) is 13.8. The van der Waals surface area contributed by atoms with Gasteiger partial charge < -0.3 is 14.2 Å². The Kier molecular flexibility index (Phi) is 7.46. The molecule has 0 fully saturated rings. The van der Waals surface area contributed by atoms with Gasteiger partial charge in [-0.25, -0.2) is 22.7 Å². The average Bonchev–Trinajstić information content (AvgIpc) is 2.72. The molecule has 2 aromatic carbocycles. The molecule has 0 heterocycles. The third-order valence-electron chi connectivity index (χ3n) is 3.66. The van der Waals surface area contributed by atoms with Crippen LogP contribution in [0, 0.1) is 0 Å². The predicted octanol–water partition coefficient (Wildman–Crippen LogP) is 1.53. The Hall–Kier alpha value is -3.24. The summed E-state index contributed by atoms with van der Waals surface area (Å²) < 4.78 is 40.8. The highest BCUT2D eigenvalue weighted by Crippen LogP contribution is 2.19. The number of benzene rings is 2. The Morgan fingerprint density at radius 1 is 0.897 bits per heavy atom. The largest absolute Gasteiger partial charge is 0.465 e. The summed E-state index contributed by atoms with van der Waals surface area (Å²) in [5.74, 6) is -2.31. The van der Waals surface area contributed by atoms with E-state index in [9.17, 15) is 22.8 Å². The SMILES string of the molecule is COC(=O)c1cc(OC(=O)CCNS(=O)(=O)c2ccccc2)cc(C(=O)OC)c1. The van der Waals surface area contributed by atoms with E-state index in [1.165, 1.54) is 30.3 Å². The van der Waals surface area contributed by atoms with Gasteiger partial charge in [0.2, 0.25) is 10.0 Å². The molecule has 0 unspecified atom stereocenters. The maximum atomic E-state index is 12.1. The second kappa shape index (κ2) is 9.80. The van der Waals surface area contributed by atoms with Crippen molar-refractivity contribution in [3.63, 3.8) is 0 Å². The zero-order chi connectivity index (χ0) is 21.4. The van der Waals surface area contributed by atoms with Crippen molar-refractivity contribution in [2.45, 2.75) is 11.3 Å².